The molecule has 1 aliphatic rings. The predicted octanol–water partition coefficient (Wildman–Crippen LogP) is 5.27. The molecule has 1 amide bonds. The number of hydrogen-bond acceptors (Lipinski definition) is 6. The van der Waals surface area contributed by atoms with Gasteiger partial charge in [-0.15, -0.1) is 0 Å². The summed E-state index contributed by atoms with van der Waals surface area (Å²) >= 11 is 0. The number of amides is 1. The number of aliphatic carboxylic acids is 1. The maximum atomic E-state index is 12.8. The van der Waals surface area contributed by atoms with Crippen LogP contribution in [-0.4, -0.2) is 47.8 Å². The van der Waals surface area contributed by atoms with Crippen LogP contribution in [-0.2, 0) is 31.3 Å². The van der Waals surface area contributed by atoms with Gasteiger partial charge in [0, 0.05) is 12.6 Å². The maximum Gasteiger partial charge on any atom is 0.408 e. The molecule has 9 nitrogen and oxygen atoms in total. The van der Waals surface area contributed by atoms with Crippen molar-refractivity contribution in [1.29, 1.82) is 0 Å². The van der Waals surface area contributed by atoms with Gasteiger partial charge < -0.3 is 19.7 Å². The van der Waals surface area contributed by atoms with Crippen molar-refractivity contribution in [2.24, 2.45) is 0 Å². The number of carboxylic acid groups (broad SMARTS) is 1. The zero-order valence-electron chi connectivity index (χ0n) is 24.0. The molecule has 0 aliphatic carbocycles. The highest BCUT2D eigenvalue weighted by molar-refractivity contribution is 7.95. The summed E-state index contributed by atoms with van der Waals surface area (Å²) in [7, 11) is -3.79. The van der Waals surface area contributed by atoms with Gasteiger partial charge in [0.1, 0.15) is 18.2 Å². The Morgan fingerprint density at radius 2 is 1.36 bits per heavy atom. The number of benzene rings is 4. The summed E-state index contributed by atoms with van der Waals surface area (Å²) in [5.41, 5.74) is 3.01. The Morgan fingerprint density at radius 1 is 0.822 bits per heavy atom. The molecule has 226 valence electrons. The maximum absolute atomic E-state index is 12.8. The monoisotopic (exact) mass is 619 g/mol. The van der Waals surface area contributed by atoms with Crippen LogP contribution in [0.3, 0.4) is 0 Å². The molecule has 0 fully saturated rings. The van der Waals surface area contributed by atoms with E-state index in [2.05, 4.69) is 10.3 Å². The van der Waals surface area contributed by atoms with Crippen LogP contribution >= 0.6 is 0 Å². The smallest absolute Gasteiger partial charge is 0.408 e. The van der Waals surface area contributed by atoms with Crippen molar-refractivity contribution in [2.75, 3.05) is 6.61 Å². The number of fused-ring (bicyclic) bond motifs is 1. The van der Waals surface area contributed by atoms with Crippen molar-refractivity contribution >= 4 is 28.0 Å². The molecule has 2 heterocycles. The highest BCUT2D eigenvalue weighted by Gasteiger charge is 2.38. The number of aromatic nitrogens is 2. The van der Waals surface area contributed by atoms with Crippen molar-refractivity contribution in [1.82, 2.24) is 14.9 Å². The van der Waals surface area contributed by atoms with Gasteiger partial charge in [-0.3, -0.25) is 0 Å². The van der Waals surface area contributed by atoms with E-state index in [1.807, 2.05) is 95.6 Å². The van der Waals surface area contributed by atoms with E-state index in [0.29, 0.717) is 11.3 Å². The molecule has 0 saturated carbocycles. The number of imidazole rings is 1. The number of carbonyl (C=O) groups excluding carboxylic acids is 1. The van der Waals surface area contributed by atoms with E-state index in [1.54, 1.807) is 30.7 Å². The van der Waals surface area contributed by atoms with Crippen molar-refractivity contribution in [3.63, 3.8) is 0 Å². The summed E-state index contributed by atoms with van der Waals surface area (Å²) in [5, 5.41) is 12.3. The van der Waals surface area contributed by atoms with Crippen molar-refractivity contribution in [2.45, 2.75) is 22.9 Å². The van der Waals surface area contributed by atoms with Gasteiger partial charge in [-0.2, -0.15) is 0 Å². The largest absolute Gasteiger partial charge is 0.480 e. The first-order valence-corrected chi connectivity index (χ1v) is 15.7. The molecular weight excluding hydrogens is 590 g/mol. The molecular formula is C35H29N3O6S. The van der Waals surface area contributed by atoms with Crippen molar-refractivity contribution in [3.05, 3.63) is 161 Å². The van der Waals surface area contributed by atoms with Gasteiger partial charge in [-0.1, -0.05) is 109 Å². The molecule has 0 spiro atoms. The standard InChI is InChI=1S/C35H29N3O6S/c39-33(40)31(37-34(41)44-23-30-20-25-12-10-11-19-32(25)45(30,42)43)21-29-22-38(24-36-29)35(26-13-4-1-5-14-26,27-15-6-2-7-16-27)28-17-8-3-9-18-28/h1-20,22,24,31H,21,23H2,(H,37,41)(H,39,40). The van der Waals surface area contributed by atoms with Crippen molar-refractivity contribution in [3.8, 4) is 0 Å². The quantitative estimate of drug-likeness (QED) is 0.204. The average molecular weight is 620 g/mol. The molecule has 10 heteroatoms. The highest BCUT2D eigenvalue weighted by Crippen LogP contribution is 2.41. The van der Waals surface area contributed by atoms with E-state index in [0.717, 1.165) is 16.7 Å². The first-order chi connectivity index (χ1) is 21.8. The Labute approximate surface area is 260 Å². The van der Waals surface area contributed by atoms with E-state index < -0.39 is 40.1 Å². The number of alkyl carbamates (subject to hydrolysis) is 1. The molecule has 1 aromatic heterocycles. The third-order valence-electron chi connectivity index (χ3n) is 7.82. The number of ether oxygens (including phenoxy) is 1. The second kappa shape index (κ2) is 12.3. The van der Waals surface area contributed by atoms with Gasteiger partial charge in [0.15, 0.2) is 0 Å². The van der Waals surface area contributed by atoms with Crippen LogP contribution in [0.1, 0.15) is 27.9 Å². The number of rotatable bonds is 10. The van der Waals surface area contributed by atoms with E-state index in [4.69, 9.17) is 4.74 Å². The SMILES string of the molecule is O=C(NC(Cc1cn(C(c2ccccc2)(c2ccccc2)c2ccccc2)cn1)C(=O)O)OCC1=Cc2ccccc2S1(=O)=O. The summed E-state index contributed by atoms with van der Waals surface area (Å²) in [6.07, 6.45) is 3.69. The first-order valence-electron chi connectivity index (χ1n) is 14.2. The van der Waals surface area contributed by atoms with Gasteiger partial charge in [0.05, 0.1) is 21.8 Å². The topological polar surface area (TPSA) is 128 Å². The molecule has 1 unspecified atom stereocenters. The lowest BCUT2D eigenvalue weighted by molar-refractivity contribution is -0.139. The molecule has 1 atom stereocenters. The van der Waals surface area contributed by atoms with Gasteiger partial charge in [-0.25, -0.2) is 23.0 Å². The fourth-order valence-electron chi connectivity index (χ4n) is 5.72. The molecule has 0 bridgehead atoms. The minimum absolute atomic E-state index is 0.0801. The van der Waals surface area contributed by atoms with Crippen molar-refractivity contribution < 1.29 is 27.9 Å². The Balaban J connectivity index is 1.26. The number of nitrogens with one attached hydrogen (secondary N) is 1. The van der Waals surface area contributed by atoms with E-state index in [-0.39, 0.29) is 16.2 Å². The van der Waals surface area contributed by atoms with Crippen LogP contribution in [0.4, 0.5) is 4.79 Å². The fourth-order valence-corrected chi connectivity index (χ4v) is 7.20. The van der Waals surface area contributed by atoms with Crippen LogP contribution in [0, 0.1) is 0 Å². The van der Waals surface area contributed by atoms with Gasteiger partial charge in [-0.05, 0) is 34.4 Å². The minimum atomic E-state index is -3.79. The number of sulfone groups is 1. The number of carboxylic acids is 1. The fraction of sp³-hybridized carbons (Fsp3) is 0.114. The third kappa shape index (κ3) is 5.63. The minimum Gasteiger partial charge on any atom is -0.480 e. The Bertz CT molecular complexity index is 1880. The number of carbonyl (C=O) groups is 2. The van der Waals surface area contributed by atoms with E-state index in [1.165, 1.54) is 12.1 Å². The van der Waals surface area contributed by atoms with Crippen LogP contribution in [0.5, 0.6) is 0 Å². The van der Waals surface area contributed by atoms with E-state index >= 15 is 0 Å². The Hall–Kier alpha value is -5.48. The summed E-state index contributed by atoms with van der Waals surface area (Å²) in [6, 6.07) is 35.0. The summed E-state index contributed by atoms with van der Waals surface area (Å²) < 4.78 is 32.7. The normalized spacial score (nSPS) is 14.2. The predicted molar refractivity (Wildman–Crippen MR) is 168 cm³/mol. The molecule has 6 rings (SSSR count). The number of hydrogen-bond donors (Lipinski definition) is 2. The van der Waals surface area contributed by atoms with Gasteiger partial charge >= 0.3 is 12.1 Å². The lowest BCUT2D eigenvalue weighted by atomic mass is 9.77. The number of nitrogens with zero attached hydrogens (tertiary/aromatic N) is 2. The summed E-state index contributed by atoms with van der Waals surface area (Å²) in [5.74, 6) is -1.29. The molecule has 45 heavy (non-hydrogen) atoms. The molecule has 2 N–H and O–H groups in total. The molecule has 0 saturated heterocycles. The Kier molecular flexibility index (Phi) is 8.06. The first kappa shape index (κ1) is 29.6. The molecule has 1 aliphatic heterocycles. The second-order valence-corrected chi connectivity index (χ2v) is 12.5. The molecule has 5 aromatic rings. The van der Waals surface area contributed by atoms with Gasteiger partial charge in [0.2, 0.25) is 9.84 Å². The third-order valence-corrected chi connectivity index (χ3v) is 9.69. The van der Waals surface area contributed by atoms with E-state index in [9.17, 15) is 23.1 Å². The lowest BCUT2D eigenvalue weighted by Gasteiger charge is -2.37. The van der Waals surface area contributed by atoms with Gasteiger partial charge in [0.25, 0.3) is 0 Å². The highest BCUT2D eigenvalue weighted by atomic mass is 32.2. The van der Waals surface area contributed by atoms with Crippen LogP contribution in [0.2, 0.25) is 0 Å². The zero-order valence-corrected chi connectivity index (χ0v) is 24.8. The zero-order chi connectivity index (χ0) is 31.4. The molecule has 0 radical (unpaired) electrons. The van der Waals surface area contributed by atoms with Crippen LogP contribution < -0.4 is 5.32 Å². The lowest BCUT2D eigenvalue weighted by Crippen LogP contribution is -2.43. The van der Waals surface area contributed by atoms with Crippen LogP contribution in [0.15, 0.2) is 138 Å². The summed E-state index contributed by atoms with van der Waals surface area (Å²) in [6.45, 7) is -0.530. The average Bonchev–Trinajstić information content (AvgIpc) is 3.63. The second-order valence-electron chi connectivity index (χ2n) is 10.5. The van der Waals surface area contributed by atoms with Crippen LogP contribution in [0.25, 0.3) is 6.08 Å². The Morgan fingerprint density at radius 3 is 1.89 bits per heavy atom. The summed E-state index contributed by atoms with van der Waals surface area (Å²) in [4.78, 5) is 29.5. The molecule has 4 aromatic carbocycles.